The maximum atomic E-state index is 12.9. The second-order valence-electron chi connectivity index (χ2n) is 7.61. The molecule has 156 valence electrons. The molecule has 1 aromatic heterocycles. The third kappa shape index (κ3) is 3.73. The minimum Gasteiger partial charge on any atom is -0.296 e. The molecular weight excluding hydrogens is 436 g/mol. The number of nitrogens with one attached hydrogen (secondary N) is 1. The van der Waals surface area contributed by atoms with E-state index in [2.05, 4.69) is 15.5 Å². The Hall–Kier alpha value is -3.10. The number of nitrogens with zero attached hydrogens (tertiary/aromatic N) is 3. The number of carbonyl (C=O) groups is 3. The summed E-state index contributed by atoms with van der Waals surface area (Å²) in [6.07, 6.45) is 3.41. The number of amides is 3. The van der Waals surface area contributed by atoms with Gasteiger partial charge in [-0.2, -0.15) is 0 Å². The maximum Gasteiger partial charge on any atom is 0.261 e. The highest BCUT2D eigenvalue weighted by molar-refractivity contribution is 7.15. The summed E-state index contributed by atoms with van der Waals surface area (Å²) in [7, 11) is 0. The molecule has 1 fully saturated rings. The molecule has 3 amide bonds. The molecule has 5 rings (SSSR count). The summed E-state index contributed by atoms with van der Waals surface area (Å²) in [5.41, 5.74) is 1.58. The number of carbonyl (C=O) groups excluding carboxylic acids is 3. The number of halogens is 1. The Balaban J connectivity index is 1.32. The van der Waals surface area contributed by atoms with Crippen LogP contribution in [0, 0.1) is 0 Å². The van der Waals surface area contributed by atoms with Crippen molar-refractivity contribution < 1.29 is 14.4 Å². The summed E-state index contributed by atoms with van der Waals surface area (Å²) in [6.45, 7) is 0.139. The van der Waals surface area contributed by atoms with Crippen LogP contribution in [0.3, 0.4) is 0 Å². The van der Waals surface area contributed by atoms with E-state index in [1.807, 2.05) is 0 Å². The van der Waals surface area contributed by atoms with Crippen LogP contribution in [-0.2, 0) is 6.54 Å². The first kappa shape index (κ1) is 19.8. The van der Waals surface area contributed by atoms with Gasteiger partial charge in [-0.05, 0) is 48.7 Å². The molecule has 2 heterocycles. The van der Waals surface area contributed by atoms with Crippen molar-refractivity contribution in [3.63, 3.8) is 0 Å². The predicted molar refractivity (Wildman–Crippen MR) is 117 cm³/mol. The number of fused-ring (bicyclic) bond motifs is 1. The van der Waals surface area contributed by atoms with Crippen LogP contribution in [0.2, 0.25) is 5.02 Å². The van der Waals surface area contributed by atoms with Gasteiger partial charge in [-0.3, -0.25) is 24.6 Å². The van der Waals surface area contributed by atoms with Gasteiger partial charge < -0.3 is 0 Å². The largest absolute Gasteiger partial charge is 0.296 e. The molecule has 9 heteroatoms. The molecule has 2 aliphatic rings. The van der Waals surface area contributed by atoms with Crippen molar-refractivity contribution in [1.82, 2.24) is 15.1 Å². The van der Waals surface area contributed by atoms with Gasteiger partial charge in [-0.1, -0.05) is 41.5 Å². The quantitative estimate of drug-likeness (QED) is 0.575. The lowest BCUT2D eigenvalue weighted by molar-refractivity contribution is 0.0642. The van der Waals surface area contributed by atoms with Gasteiger partial charge in [-0.15, -0.1) is 10.2 Å². The number of imide groups is 1. The van der Waals surface area contributed by atoms with Crippen LogP contribution in [0.1, 0.15) is 66.8 Å². The van der Waals surface area contributed by atoms with Crippen molar-refractivity contribution in [2.24, 2.45) is 0 Å². The summed E-state index contributed by atoms with van der Waals surface area (Å²) in [5, 5.41) is 12.9. The molecule has 7 nitrogen and oxygen atoms in total. The number of hydrogen-bond acceptors (Lipinski definition) is 6. The maximum absolute atomic E-state index is 12.9. The number of aromatic nitrogens is 2. The van der Waals surface area contributed by atoms with Crippen molar-refractivity contribution >= 4 is 45.8 Å². The van der Waals surface area contributed by atoms with Gasteiger partial charge in [0.15, 0.2) is 0 Å². The van der Waals surface area contributed by atoms with E-state index in [-0.39, 0.29) is 23.6 Å². The van der Waals surface area contributed by atoms with Crippen LogP contribution in [0.25, 0.3) is 0 Å². The number of benzene rings is 2. The van der Waals surface area contributed by atoms with Gasteiger partial charge in [-0.25, -0.2) is 0 Å². The lowest BCUT2D eigenvalue weighted by atomic mass is 9.86. The van der Waals surface area contributed by atoms with Crippen molar-refractivity contribution in [2.75, 3.05) is 5.32 Å². The lowest BCUT2D eigenvalue weighted by Gasteiger charge is -2.21. The van der Waals surface area contributed by atoms with E-state index in [4.69, 9.17) is 11.6 Å². The first-order valence-corrected chi connectivity index (χ1v) is 11.1. The molecule has 1 aliphatic heterocycles. The second-order valence-corrected chi connectivity index (χ2v) is 9.06. The van der Waals surface area contributed by atoms with Crippen LogP contribution in [0.5, 0.6) is 0 Å². The van der Waals surface area contributed by atoms with E-state index in [0.717, 1.165) is 23.4 Å². The molecule has 0 radical (unpaired) electrons. The lowest BCUT2D eigenvalue weighted by Crippen LogP contribution is -2.29. The zero-order valence-corrected chi connectivity index (χ0v) is 17.9. The van der Waals surface area contributed by atoms with Crippen LogP contribution >= 0.6 is 22.9 Å². The van der Waals surface area contributed by atoms with E-state index >= 15 is 0 Å². The molecule has 0 bridgehead atoms. The normalized spacial score (nSPS) is 15.7. The summed E-state index contributed by atoms with van der Waals surface area (Å²) >= 11 is 7.27. The summed E-state index contributed by atoms with van der Waals surface area (Å²) in [6, 6.07) is 11.5. The van der Waals surface area contributed by atoms with Gasteiger partial charge in [0.1, 0.15) is 5.01 Å². The van der Waals surface area contributed by atoms with Crippen LogP contribution in [-0.4, -0.2) is 32.8 Å². The molecule has 31 heavy (non-hydrogen) atoms. The Morgan fingerprint density at radius 3 is 2.52 bits per heavy atom. The molecule has 0 atom stereocenters. The monoisotopic (exact) mass is 452 g/mol. The van der Waals surface area contributed by atoms with Gasteiger partial charge in [0, 0.05) is 16.5 Å². The van der Waals surface area contributed by atoms with Crippen molar-refractivity contribution in [2.45, 2.75) is 31.7 Å². The smallest absolute Gasteiger partial charge is 0.261 e. The molecule has 1 N–H and O–H groups in total. The Labute approximate surface area is 187 Å². The fourth-order valence-electron chi connectivity index (χ4n) is 3.62. The Bertz CT molecular complexity index is 1200. The zero-order valence-electron chi connectivity index (χ0n) is 16.3. The van der Waals surface area contributed by atoms with E-state index in [1.54, 1.807) is 30.3 Å². The molecule has 2 aromatic carbocycles. The fourth-order valence-corrected chi connectivity index (χ4v) is 4.66. The van der Waals surface area contributed by atoms with E-state index < -0.39 is 11.8 Å². The molecule has 0 spiro atoms. The fraction of sp³-hybridized carbons (Fsp3) is 0.227. The Morgan fingerprint density at radius 2 is 1.81 bits per heavy atom. The third-order valence-electron chi connectivity index (χ3n) is 5.60. The van der Waals surface area contributed by atoms with E-state index in [0.29, 0.717) is 21.6 Å². The second kappa shape index (κ2) is 7.86. The molecular formula is C22H17ClN4O3S. The first-order valence-electron chi connectivity index (χ1n) is 9.89. The van der Waals surface area contributed by atoms with Crippen LogP contribution in [0.15, 0.2) is 42.5 Å². The summed E-state index contributed by atoms with van der Waals surface area (Å²) < 4.78 is 0. The summed E-state index contributed by atoms with van der Waals surface area (Å²) in [4.78, 5) is 39.4. The third-order valence-corrected chi connectivity index (χ3v) is 6.86. The average Bonchev–Trinajstić information content (AvgIpc) is 3.26. The molecule has 0 unspecified atom stereocenters. The van der Waals surface area contributed by atoms with Crippen molar-refractivity contribution in [1.29, 1.82) is 0 Å². The minimum absolute atomic E-state index is 0.139. The van der Waals surface area contributed by atoms with E-state index in [1.165, 1.54) is 34.8 Å². The highest BCUT2D eigenvalue weighted by Crippen LogP contribution is 2.38. The SMILES string of the molecule is O=C(Nc1nnc(C2CCC2)s1)c1ccc2c(c1)C(=O)N(Cc1ccc(Cl)cc1)C2=O. The average molecular weight is 453 g/mol. The standard InChI is InChI=1S/C22H17ClN4O3S/c23-15-7-4-12(5-8-15)11-27-20(29)16-9-6-14(10-17(16)21(27)30)18(28)24-22-26-25-19(31-22)13-2-1-3-13/h4-10,13H,1-3,11H2,(H,24,26,28). The van der Waals surface area contributed by atoms with Gasteiger partial charge in [0.05, 0.1) is 17.7 Å². The number of anilines is 1. The zero-order chi connectivity index (χ0) is 21.5. The van der Waals surface area contributed by atoms with Crippen LogP contribution < -0.4 is 5.32 Å². The highest BCUT2D eigenvalue weighted by atomic mass is 35.5. The highest BCUT2D eigenvalue weighted by Gasteiger charge is 2.36. The van der Waals surface area contributed by atoms with Gasteiger partial charge in [0.25, 0.3) is 17.7 Å². The van der Waals surface area contributed by atoms with Crippen LogP contribution in [0.4, 0.5) is 5.13 Å². The summed E-state index contributed by atoms with van der Waals surface area (Å²) in [5.74, 6) is -0.752. The topological polar surface area (TPSA) is 92.3 Å². The minimum atomic E-state index is -0.423. The number of rotatable bonds is 5. The number of hydrogen-bond donors (Lipinski definition) is 1. The Morgan fingerprint density at radius 1 is 1.06 bits per heavy atom. The van der Waals surface area contributed by atoms with E-state index in [9.17, 15) is 14.4 Å². The molecule has 3 aromatic rings. The molecule has 1 aliphatic carbocycles. The van der Waals surface area contributed by atoms with Crippen molar-refractivity contribution in [3.8, 4) is 0 Å². The van der Waals surface area contributed by atoms with Gasteiger partial charge in [0.2, 0.25) is 5.13 Å². The first-order chi connectivity index (χ1) is 15.0. The Kier molecular flexibility index (Phi) is 5.03. The molecule has 0 saturated heterocycles. The predicted octanol–water partition coefficient (Wildman–Crippen LogP) is 4.51. The molecule has 1 saturated carbocycles. The van der Waals surface area contributed by atoms with Gasteiger partial charge >= 0.3 is 0 Å². The van der Waals surface area contributed by atoms with Crippen molar-refractivity contribution in [3.05, 3.63) is 74.7 Å².